The van der Waals surface area contributed by atoms with Gasteiger partial charge in [-0.2, -0.15) is 0 Å². The van der Waals surface area contributed by atoms with Crippen molar-refractivity contribution in [3.05, 3.63) is 34.9 Å². The first-order valence-corrected chi connectivity index (χ1v) is 7.90. The molecule has 2 atom stereocenters. The lowest BCUT2D eigenvalue weighted by Crippen LogP contribution is -2.53. The summed E-state index contributed by atoms with van der Waals surface area (Å²) in [4.78, 5) is 36.5. The van der Waals surface area contributed by atoms with Crippen LogP contribution in [0.2, 0.25) is 0 Å². The molecule has 0 saturated heterocycles. The zero-order valence-electron chi connectivity index (χ0n) is 13.7. The maximum Gasteiger partial charge on any atom is 0.163 e. The summed E-state index contributed by atoms with van der Waals surface area (Å²) in [6, 6.07) is 5.48. The third kappa shape index (κ3) is 1.91. The van der Waals surface area contributed by atoms with Crippen molar-refractivity contribution < 1.29 is 14.4 Å². The Morgan fingerprint density at radius 3 is 2.50 bits per heavy atom. The molecule has 0 heterocycles. The van der Waals surface area contributed by atoms with E-state index in [0.717, 1.165) is 12.0 Å². The van der Waals surface area contributed by atoms with Crippen LogP contribution in [0.15, 0.2) is 18.2 Å². The molecule has 0 aliphatic heterocycles. The van der Waals surface area contributed by atoms with Crippen LogP contribution < -0.4 is 0 Å². The van der Waals surface area contributed by atoms with Crippen molar-refractivity contribution in [2.24, 2.45) is 11.3 Å². The molecule has 2 aliphatic rings. The topological polar surface area (TPSA) is 51.2 Å². The van der Waals surface area contributed by atoms with Crippen LogP contribution in [0.5, 0.6) is 0 Å². The molecule has 0 aromatic heterocycles. The van der Waals surface area contributed by atoms with Crippen molar-refractivity contribution >= 4 is 17.3 Å². The van der Waals surface area contributed by atoms with Crippen LogP contribution in [0, 0.1) is 11.3 Å². The molecule has 1 aromatic rings. The second-order valence-electron chi connectivity index (χ2n) is 7.56. The van der Waals surface area contributed by atoms with Gasteiger partial charge in [-0.1, -0.05) is 32.9 Å². The summed E-state index contributed by atoms with van der Waals surface area (Å²) >= 11 is 0. The average molecular weight is 298 g/mol. The van der Waals surface area contributed by atoms with Gasteiger partial charge in [0, 0.05) is 29.4 Å². The molecule has 116 valence electrons. The maximum absolute atomic E-state index is 12.6. The Bertz CT molecular complexity index is 699. The lowest BCUT2D eigenvalue weighted by atomic mass is 9.50. The number of benzene rings is 1. The summed E-state index contributed by atoms with van der Waals surface area (Å²) < 4.78 is 0. The number of hydrogen-bond donors (Lipinski definition) is 0. The molecule has 0 unspecified atom stereocenters. The number of carbonyl (C=O) groups is 3. The third-order valence-corrected chi connectivity index (χ3v) is 5.96. The van der Waals surface area contributed by atoms with E-state index < -0.39 is 5.41 Å². The zero-order chi connectivity index (χ0) is 16.3. The van der Waals surface area contributed by atoms with Crippen LogP contribution in [-0.2, 0) is 10.2 Å². The number of ketones is 3. The Morgan fingerprint density at radius 2 is 1.86 bits per heavy atom. The Morgan fingerprint density at radius 1 is 1.18 bits per heavy atom. The van der Waals surface area contributed by atoms with Gasteiger partial charge in [0.15, 0.2) is 11.6 Å². The first kappa shape index (κ1) is 15.1. The Kier molecular flexibility index (Phi) is 3.17. The van der Waals surface area contributed by atoms with E-state index in [2.05, 4.69) is 6.92 Å². The zero-order valence-corrected chi connectivity index (χ0v) is 13.7. The fraction of sp³-hybridized carbons (Fsp3) is 0.526. The summed E-state index contributed by atoms with van der Waals surface area (Å²) in [5, 5.41) is 0. The number of Topliss-reactive ketones (excluding diaryl/α,β-unsaturated/α-hetero) is 3. The van der Waals surface area contributed by atoms with Crippen LogP contribution >= 0.6 is 0 Å². The number of fused-ring (bicyclic) bond motifs is 3. The summed E-state index contributed by atoms with van der Waals surface area (Å²) in [5.74, 6) is 0.321. The number of rotatable bonds is 1. The van der Waals surface area contributed by atoms with Crippen molar-refractivity contribution in [2.45, 2.75) is 52.4 Å². The van der Waals surface area contributed by atoms with Gasteiger partial charge in [0.1, 0.15) is 5.78 Å². The molecular weight excluding hydrogens is 276 g/mol. The highest BCUT2D eigenvalue weighted by Gasteiger charge is 2.55. The first-order valence-electron chi connectivity index (χ1n) is 7.90. The summed E-state index contributed by atoms with van der Waals surface area (Å²) in [5.41, 5.74) is 1.63. The predicted molar refractivity (Wildman–Crippen MR) is 84.3 cm³/mol. The van der Waals surface area contributed by atoms with Crippen LogP contribution in [0.1, 0.15) is 73.2 Å². The Hall–Kier alpha value is -1.77. The van der Waals surface area contributed by atoms with Gasteiger partial charge < -0.3 is 0 Å². The van der Waals surface area contributed by atoms with Crippen molar-refractivity contribution in [2.75, 3.05) is 0 Å². The minimum absolute atomic E-state index is 0.0259. The highest BCUT2D eigenvalue weighted by molar-refractivity contribution is 6.03. The predicted octanol–water partition coefficient (Wildman–Crippen LogP) is 3.74. The van der Waals surface area contributed by atoms with Crippen LogP contribution in [0.25, 0.3) is 0 Å². The van der Waals surface area contributed by atoms with Crippen LogP contribution in [-0.4, -0.2) is 17.3 Å². The van der Waals surface area contributed by atoms with Gasteiger partial charge in [0.2, 0.25) is 0 Å². The molecule has 1 saturated carbocycles. The van der Waals surface area contributed by atoms with Crippen molar-refractivity contribution in [1.29, 1.82) is 0 Å². The van der Waals surface area contributed by atoms with Gasteiger partial charge in [-0.15, -0.1) is 0 Å². The molecule has 0 amide bonds. The molecule has 0 spiro atoms. The SMILES string of the molecule is CC(=O)c1ccc2c(c1)C(=O)C[C@H]1C(C)(C)C(=O)CC[C@]21C. The number of hydrogen-bond acceptors (Lipinski definition) is 3. The van der Waals surface area contributed by atoms with Crippen molar-refractivity contribution in [3.63, 3.8) is 0 Å². The average Bonchev–Trinajstić information content (AvgIpc) is 2.46. The van der Waals surface area contributed by atoms with E-state index in [0.29, 0.717) is 24.0 Å². The van der Waals surface area contributed by atoms with E-state index in [1.54, 1.807) is 6.07 Å². The first-order chi connectivity index (χ1) is 10.2. The number of carbonyl (C=O) groups excluding carboxylic acids is 3. The standard InChI is InChI=1S/C19H22O3/c1-11(20)12-5-6-14-13(9-12)15(21)10-16-18(2,3)17(22)7-8-19(14,16)4/h5-6,9,16H,7-8,10H2,1-4H3/t16-,19+/m0/s1. The molecule has 0 bridgehead atoms. The van der Waals surface area contributed by atoms with Crippen molar-refractivity contribution in [3.8, 4) is 0 Å². The normalized spacial score (nSPS) is 29.7. The summed E-state index contributed by atoms with van der Waals surface area (Å²) in [7, 11) is 0. The second kappa shape index (κ2) is 4.61. The van der Waals surface area contributed by atoms with Crippen molar-refractivity contribution in [1.82, 2.24) is 0 Å². The summed E-state index contributed by atoms with van der Waals surface area (Å²) in [6.07, 6.45) is 1.73. The van der Waals surface area contributed by atoms with Gasteiger partial charge >= 0.3 is 0 Å². The summed E-state index contributed by atoms with van der Waals surface area (Å²) in [6.45, 7) is 7.63. The van der Waals surface area contributed by atoms with Gasteiger partial charge in [-0.3, -0.25) is 14.4 Å². The van der Waals surface area contributed by atoms with E-state index in [-0.39, 0.29) is 28.7 Å². The lowest BCUT2D eigenvalue weighted by Gasteiger charge is -2.52. The molecule has 0 radical (unpaired) electrons. The highest BCUT2D eigenvalue weighted by atomic mass is 16.1. The molecule has 3 nitrogen and oxygen atoms in total. The van der Waals surface area contributed by atoms with Gasteiger partial charge in [-0.05, 0) is 36.3 Å². The molecule has 0 N–H and O–H groups in total. The Labute approximate surface area is 131 Å². The molecule has 3 rings (SSSR count). The molecular formula is C19H22O3. The maximum atomic E-state index is 12.6. The van der Waals surface area contributed by atoms with E-state index >= 15 is 0 Å². The van der Waals surface area contributed by atoms with Gasteiger partial charge in [0.05, 0.1) is 0 Å². The highest BCUT2D eigenvalue weighted by Crippen LogP contribution is 2.55. The fourth-order valence-corrected chi connectivity index (χ4v) is 4.45. The van der Waals surface area contributed by atoms with E-state index in [4.69, 9.17) is 0 Å². The molecule has 2 aliphatic carbocycles. The molecule has 1 aromatic carbocycles. The fourth-order valence-electron chi connectivity index (χ4n) is 4.45. The largest absolute Gasteiger partial charge is 0.299 e. The monoisotopic (exact) mass is 298 g/mol. The quantitative estimate of drug-likeness (QED) is 0.742. The minimum atomic E-state index is -0.473. The van der Waals surface area contributed by atoms with E-state index in [1.165, 1.54) is 6.92 Å². The van der Waals surface area contributed by atoms with E-state index in [1.807, 2.05) is 26.0 Å². The van der Waals surface area contributed by atoms with Gasteiger partial charge in [0.25, 0.3) is 0 Å². The molecule has 3 heteroatoms. The van der Waals surface area contributed by atoms with Crippen LogP contribution in [0.3, 0.4) is 0 Å². The molecule has 22 heavy (non-hydrogen) atoms. The molecule has 1 fully saturated rings. The van der Waals surface area contributed by atoms with Gasteiger partial charge in [-0.25, -0.2) is 0 Å². The Balaban J connectivity index is 2.18. The van der Waals surface area contributed by atoms with Crippen LogP contribution in [0.4, 0.5) is 0 Å². The minimum Gasteiger partial charge on any atom is -0.299 e. The smallest absolute Gasteiger partial charge is 0.163 e. The van der Waals surface area contributed by atoms with E-state index in [9.17, 15) is 14.4 Å². The second-order valence-corrected chi connectivity index (χ2v) is 7.56. The lowest BCUT2D eigenvalue weighted by molar-refractivity contribution is -0.136. The third-order valence-electron chi connectivity index (χ3n) is 5.96.